The highest BCUT2D eigenvalue weighted by Crippen LogP contribution is 2.18. The highest BCUT2D eigenvalue weighted by atomic mass is 32.3. The summed E-state index contributed by atoms with van der Waals surface area (Å²) in [5.41, 5.74) is 1.28. The van der Waals surface area contributed by atoms with Crippen LogP contribution in [0.4, 0.5) is 0 Å². The van der Waals surface area contributed by atoms with Crippen molar-refractivity contribution in [3.63, 3.8) is 0 Å². The Morgan fingerprint density at radius 3 is 1.14 bits per heavy atom. The Bertz CT molecular complexity index is 3260. The number of rotatable bonds is 35. The number of benzene rings is 4. The molecule has 0 unspecified atom stereocenters. The quantitative estimate of drug-likeness (QED) is 0.0256. The Hall–Kier alpha value is -10.2. The first-order valence-corrected chi connectivity index (χ1v) is 28.3. The van der Waals surface area contributed by atoms with Gasteiger partial charge in [0.05, 0.1) is 12.8 Å². The topological polar surface area (TPSA) is 486 Å². The number of nitrogens with one attached hydrogen (secondary N) is 8. The van der Waals surface area contributed by atoms with E-state index in [9.17, 15) is 101 Å². The molecule has 474 valence electrons. The van der Waals surface area contributed by atoms with Crippen molar-refractivity contribution in [3.05, 3.63) is 125 Å². The van der Waals surface area contributed by atoms with Crippen LogP contribution < -0.4 is 46.7 Å². The minimum Gasteiger partial charge on any atom is -0.508 e. The summed E-state index contributed by atoms with van der Waals surface area (Å²) in [6.07, 6.45) is -5.35. The normalized spacial score (nSPS) is 13.8. The third kappa shape index (κ3) is 25.2. The predicted octanol–water partition coefficient (Wildman–Crippen LogP) is -0.607. The molecule has 8 atom stereocenters. The van der Waals surface area contributed by atoms with Gasteiger partial charge in [-0.25, -0.2) is 4.79 Å². The van der Waals surface area contributed by atoms with Gasteiger partial charge in [0.2, 0.25) is 47.3 Å². The average Bonchev–Trinajstić information content (AvgIpc) is 3.64. The number of aromatic hydroxyl groups is 2. The van der Waals surface area contributed by atoms with Crippen LogP contribution in [0.25, 0.3) is 0 Å². The van der Waals surface area contributed by atoms with Crippen molar-refractivity contribution in [1.82, 2.24) is 42.5 Å². The Morgan fingerprint density at radius 2 is 0.750 bits per heavy atom. The Morgan fingerprint density at radius 1 is 0.420 bits per heavy atom. The maximum atomic E-state index is 14.6. The number of phenols is 2. The lowest BCUT2D eigenvalue weighted by Gasteiger charge is -2.28. The van der Waals surface area contributed by atoms with Crippen molar-refractivity contribution in [2.24, 2.45) is 5.92 Å². The molecular formula is C57H68N8O22S. The van der Waals surface area contributed by atoms with E-state index in [2.05, 4.69) is 46.7 Å². The second-order valence-electron chi connectivity index (χ2n) is 20.6. The number of carbonyl (C=O) groups is 12. The van der Waals surface area contributed by atoms with E-state index in [1.165, 1.54) is 60.7 Å². The van der Waals surface area contributed by atoms with Crippen molar-refractivity contribution in [1.29, 1.82) is 0 Å². The number of carbonyl (C=O) groups excluding carboxylic acids is 8. The minimum absolute atomic E-state index is 0.109. The van der Waals surface area contributed by atoms with E-state index >= 15 is 0 Å². The first kappa shape index (κ1) is 70.3. The zero-order chi connectivity index (χ0) is 65.4. The van der Waals surface area contributed by atoms with Gasteiger partial charge in [-0.05, 0) is 77.4 Å². The molecule has 4 aromatic rings. The highest BCUT2D eigenvalue weighted by Gasteiger charge is 2.37. The summed E-state index contributed by atoms with van der Waals surface area (Å²) in [5, 5.41) is 77.7. The van der Waals surface area contributed by atoms with Crippen molar-refractivity contribution in [3.8, 4) is 17.2 Å². The third-order valence-electron chi connectivity index (χ3n) is 12.8. The summed E-state index contributed by atoms with van der Waals surface area (Å²) < 4.78 is 36.5. The molecule has 8 amide bonds. The molecule has 0 aliphatic rings. The molecule has 0 heterocycles. The van der Waals surface area contributed by atoms with E-state index in [0.29, 0.717) is 11.1 Å². The van der Waals surface area contributed by atoms with E-state index in [4.69, 9.17) is 0 Å². The number of carboxylic acid groups (broad SMARTS) is 4. The van der Waals surface area contributed by atoms with Gasteiger partial charge in [0.25, 0.3) is 0 Å². The summed E-state index contributed by atoms with van der Waals surface area (Å²) in [6, 6.07) is 8.99. The van der Waals surface area contributed by atoms with E-state index < -0.39 is 180 Å². The van der Waals surface area contributed by atoms with Gasteiger partial charge in [-0.15, -0.1) is 0 Å². The fourth-order valence-corrected chi connectivity index (χ4v) is 8.96. The summed E-state index contributed by atoms with van der Waals surface area (Å²) in [5.74, 6) is -16.6. The molecule has 0 fully saturated rings. The fraction of sp³-hybridized carbons (Fsp3) is 0.368. The molecule has 0 aliphatic carbocycles. The van der Waals surface area contributed by atoms with E-state index in [1.54, 1.807) is 44.2 Å². The maximum Gasteiger partial charge on any atom is 0.446 e. The van der Waals surface area contributed by atoms with E-state index in [1.807, 2.05) is 0 Å². The van der Waals surface area contributed by atoms with Crippen LogP contribution in [-0.2, 0) is 93.6 Å². The Kier molecular flexibility index (Phi) is 26.8. The van der Waals surface area contributed by atoms with Crippen molar-refractivity contribution >= 4 is 81.5 Å². The van der Waals surface area contributed by atoms with Crippen LogP contribution in [0.1, 0.15) is 75.1 Å². The van der Waals surface area contributed by atoms with Crippen molar-refractivity contribution in [2.45, 2.75) is 127 Å². The van der Waals surface area contributed by atoms with Gasteiger partial charge >= 0.3 is 34.3 Å². The molecule has 0 aliphatic heterocycles. The number of phenolic OH excluding ortho intramolecular Hbond substituents is 2. The number of aliphatic carboxylic acids is 4. The molecule has 4 rings (SSSR count). The van der Waals surface area contributed by atoms with Crippen molar-refractivity contribution < 1.29 is 105 Å². The first-order chi connectivity index (χ1) is 41.3. The standard InChI is InChI=1S/C57H68N8O22S/c1-30(2)23-40(60-53(78)42(26-35-13-19-38(20-14-35)87-88(84,85)86)61-50(75)39(21-22-47(69)70)59-52(77)41(58-31(3)66)24-33-9-15-36(67)16-10-33)51(76)63-44(28-48(71)72)55(80)62-43(25-34-11-17-37(68)18-12-34)54(79)64-45(29-49(73)74)56(81)65-46(57(82)83)27-32-7-5-4-6-8-32/h4-20,30,39-46,67-68H,21-29H2,1-3H3,(H,58,66)(H,59,77)(H,60,78)(H,61,75)(H,62,80)(H,63,76)(H,64,79)(H,65,81)(H,69,70)(H,71,72)(H,73,74)(H,82,83)(H,84,85,86)/t39-,40-,41-,42-,43-,44-,45-,46-/m0/s1. The lowest BCUT2D eigenvalue weighted by molar-refractivity contribution is -0.143. The molecule has 0 aromatic heterocycles. The van der Waals surface area contributed by atoms with E-state index in [-0.39, 0.29) is 41.9 Å². The lowest BCUT2D eigenvalue weighted by atomic mass is 9.99. The molecular weight excluding hydrogens is 1180 g/mol. The second kappa shape index (κ2) is 33.5. The Labute approximate surface area is 503 Å². The van der Waals surface area contributed by atoms with Crippen LogP contribution in [-0.4, -0.2) is 163 Å². The van der Waals surface area contributed by atoms with Crippen LogP contribution in [0.2, 0.25) is 0 Å². The van der Waals surface area contributed by atoms with Gasteiger partial charge < -0.3 is 77.4 Å². The van der Waals surface area contributed by atoms with Crippen LogP contribution >= 0.6 is 0 Å². The summed E-state index contributed by atoms with van der Waals surface area (Å²) >= 11 is 0. The summed E-state index contributed by atoms with van der Waals surface area (Å²) in [6.45, 7) is 4.31. The van der Waals surface area contributed by atoms with Gasteiger partial charge in [0.1, 0.15) is 65.6 Å². The lowest BCUT2D eigenvalue weighted by Crippen LogP contribution is -2.61. The van der Waals surface area contributed by atoms with Crippen LogP contribution in [0.15, 0.2) is 103 Å². The van der Waals surface area contributed by atoms with Gasteiger partial charge in [0, 0.05) is 39.0 Å². The molecule has 4 aromatic carbocycles. The van der Waals surface area contributed by atoms with Crippen LogP contribution in [0.5, 0.6) is 17.2 Å². The van der Waals surface area contributed by atoms with Gasteiger partial charge in [0.15, 0.2) is 0 Å². The third-order valence-corrected chi connectivity index (χ3v) is 13.2. The molecule has 0 bridgehead atoms. The largest absolute Gasteiger partial charge is 0.508 e. The average molecular weight is 1250 g/mol. The maximum absolute atomic E-state index is 14.6. The highest BCUT2D eigenvalue weighted by molar-refractivity contribution is 7.81. The molecule has 0 radical (unpaired) electrons. The minimum atomic E-state index is -5.01. The van der Waals surface area contributed by atoms with Gasteiger partial charge in [-0.3, -0.25) is 57.3 Å². The van der Waals surface area contributed by atoms with Crippen molar-refractivity contribution in [2.75, 3.05) is 0 Å². The van der Waals surface area contributed by atoms with Gasteiger partial charge in [-0.1, -0.05) is 80.6 Å². The second-order valence-corrected chi connectivity index (χ2v) is 21.6. The van der Waals surface area contributed by atoms with Crippen LogP contribution in [0.3, 0.4) is 0 Å². The first-order valence-electron chi connectivity index (χ1n) is 27.0. The zero-order valence-corrected chi connectivity index (χ0v) is 48.4. The monoisotopic (exact) mass is 1250 g/mol. The van der Waals surface area contributed by atoms with Crippen LogP contribution in [0, 0.1) is 5.92 Å². The fourth-order valence-electron chi connectivity index (χ4n) is 8.61. The molecule has 0 saturated heterocycles. The number of hydrogen-bond acceptors (Lipinski definition) is 17. The molecule has 88 heavy (non-hydrogen) atoms. The predicted molar refractivity (Wildman–Crippen MR) is 306 cm³/mol. The molecule has 15 N–H and O–H groups in total. The summed E-state index contributed by atoms with van der Waals surface area (Å²) in [4.78, 5) is 160. The van der Waals surface area contributed by atoms with Gasteiger partial charge in [-0.2, -0.15) is 8.42 Å². The Balaban J connectivity index is 1.68. The van der Waals surface area contributed by atoms with E-state index in [0.717, 1.165) is 19.1 Å². The smallest absolute Gasteiger partial charge is 0.446 e. The molecule has 0 saturated carbocycles. The number of amides is 8. The molecule has 0 spiro atoms. The molecule has 30 nitrogen and oxygen atoms in total. The number of hydrogen-bond donors (Lipinski definition) is 15. The zero-order valence-electron chi connectivity index (χ0n) is 47.5. The SMILES string of the molecule is CC(=O)N[C@@H](Cc1ccc(O)cc1)C(=O)N[C@@H](CCC(=O)O)C(=O)N[C@@H](Cc1ccc(OS(=O)(=O)O)cc1)C(=O)N[C@@H](CC(C)C)C(=O)N[C@@H](CC(=O)O)C(=O)N[C@@H](Cc1ccc(O)cc1)C(=O)N[C@@H](CC(=O)O)C(=O)N[C@@H](Cc1ccccc1)C(=O)O. The number of carboxylic acids is 4. The summed E-state index contributed by atoms with van der Waals surface area (Å²) in [7, 11) is -5.01. The molecule has 31 heteroatoms.